The molecule has 2 aromatic rings. The van der Waals surface area contributed by atoms with Gasteiger partial charge in [-0.1, -0.05) is 12.1 Å². The summed E-state index contributed by atoms with van der Waals surface area (Å²) in [4.78, 5) is 17.7. The lowest BCUT2D eigenvalue weighted by Crippen LogP contribution is -2.54. The van der Waals surface area contributed by atoms with E-state index in [1.165, 1.54) is 19.4 Å². The van der Waals surface area contributed by atoms with Crippen molar-refractivity contribution in [2.24, 2.45) is 0 Å². The minimum absolute atomic E-state index is 0.114. The first kappa shape index (κ1) is 14.0. The number of para-hydroxylation sites is 1. The standard InChI is InChI=1S/C18H22N2O2/c1-13-9-19-8-4-5-15(19)11-20(13)10-14-12-22-17-7-3-2-6-16(17)18(14)21/h2-3,6-7,12-13,15H,4-5,8-11H2,1H3/t13-,15-/m1/s1. The summed E-state index contributed by atoms with van der Waals surface area (Å²) in [6.45, 7) is 6.37. The van der Waals surface area contributed by atoms with Crippen molar-refractivity contribution in [3.8, 4) is 0 Å². The quantitative estimate of drug-likeness (QED) is 0.853. The van der Waals surface area contributed by atoms with Crippen LogP contribution in [0.2, 0.25) is 0 Å². The lowest BCUT2D eigenvalue weighted by molar-refractivity contribution is 0.0535. The van der Waals surface area contributed by atoms with Crippen LogP contribution >= 0.6 is 0 Å². The molecular formula is C18H22N2O2. The van der Waals surface area contributed by atoms with Gasteiger partial charge in [0.2, 0.25) is 0 Å². The highest BCUT2D eigenvalue weighted by Crippen LogP contribution is 2.25. The molecule has 2 aliphatic heterocycles. The topological polar surface area (TPSA) is 36.7 Å². The summed E-state index contributed by atoms with van der Waals surface area (Å²) in [5.41, 5.74) is 1.56. The molecule has 1 aromatic carbocycles. The molecule has 2 atom stereocenters. The number of hydrogen-bond acceptors (Lipinski definition) is 4. The van der Waals surface area contributed by atoms with E-state index in [4.69, 9.17) is 4.42 Å². The van der Waals surface area contributed by atoms with E-state index in [9.17, 15) is 4.79 Å². The van der Waals surface area contributed by atoms with Crippen LogP contribution in [0.4, 0.5) is 0 Å². The zero-order valence-corrected chi connectivity index (χ0v) is 13.0. The average molecular weight is 298 g/mol. The molecule has 0 unspecified atom stereocenters. The van der Waals surface area contributed by atoms with Crippen LogP contribution in [-0.4, -0.2) is 41.5 Å². The molecule has 22 heavy (non-hydrogen) atoms. The van der Waals surface area contributed by atoms with E-state index in [1.807, 2.05) is 24.3 Å². The molecule has 2 fully saturated rings. The summed E-state index contributed by atoms with van der Waals surface area (Å²) in [5, 5.41) is 0.687. The van der Waals surface area contributed by atoms with Crippen LogP contribution in [0.25, 0.3) is 11.0 Å². The van der Waals surface area contributed by atoms with Crippen LogP contribution in [0.1, 0.15) is 25.3 Å². The normalized spacial score (nSPS) is 26.4. The Balaban J connectivity index is 1.60. The molecule has 4 heteroatoms. The molecular weight excluding hydrogens is 276 g/mol. The fourth-order valence-electron chi connectivity index (χ4n) is 3.91. The van der Waals surface area contributed by atoms with E-state index >= 15 is 0 Å². The van der Waals surface area contributed by atoms with Crippen molar-refractivity contribution in [3.63, 3.8) is 0 Å². The lowest BCUT2D eigenvalue weighted by atomic mass is 10.1. The van der Waals surface area contributed by atoms with Crippen molar-refractivity contribution in [2.75, 3.05) is 19.6 Å². The first-order chi connectivity index (χ1) is 10.7. The Morgan fingerprint density at radius 3 is 3.05 bits per heavy atom. The van der Waals surface area contributed by atoms with Crippen LogP contribution < -0.4 is 5.43 Å². The van der Waals surface area contributed by atoms with Crippen molar-refractivity contribution in [3.05, 3.63) is 46.3 Å². The van der Waals surface area contributed by atoms with Gasteiger partial charge in [-0.2, -0.15) is 0 Å². The summed E-state index contributed by atoms with van der Waals surface area (Å²) in [6.07, 6.45) is 4.25. The Kier molecular flexibility index (Phi) is 3.51. The first-order valence-electron chi connectivity index (χ1n) is 8.20. The molecule has 0 N–H and O–H groups in total. The van der Waals surface area contributed by atoms with Gasteiger partial charge in [0.25, 0.3) is 0 Å². The van der Waals surface area contributed by atoms with Gasteiger partial charge in [-0.3, -0.25) is 14.6 Å². The molecule has 116 valence electrons. The van der Waals surface area contributed by atoms with Crippen LogP contribution in [0.3, 0.4) is 0 Å². The van der Waals surface area contributed by atoms with Gasteiger partial charge in [0.05, 0.1) is 11.6 Å². The van der Waals surface area contributed by atoms with Crippen LogP contribution in [0, 0.1) is 0 Å². The molecule has 0 saturated carbocycles. The van der Waals surface area contributed by atoms with Crippen molar-refractivity contribution in [1.29, 1.82) is 0 Å². The number of rotatable bonds is 2. The Morgan fingerprint density at radius 2 is 2.14 bits per heavy atom. The minimum Gasteiger partial charge on any atom is -0.464 e. The third kappa shape index (κ3) is 2.36. The van der Waals surface area contributed by atoms with Gasteiger partial charge in [0.1, 0.15) is 5.58 Å². The Bertz CT molecular complexity index is 739. The highest BCUT2D eigenvalue weighted by Gasteiger charge is 2.34. The zero-order chi connectivity index (χ0) is 15.1. The van der Waals surface area contributed by atoms with Gasteiger partial charge < -0.3 is 4.42 Å². The van der Waals surface area contributed by atoms with E-state index in [1.54, 1.807) is 6.26 Å². The second kappa shape index (κ2) is 5.52. The smallest absolute Gasteiger partial charge is 0.197 e. The van der Waals surface area contributed by atoms with Gasteiger partial charge in [0, 0.05) is 37.3 Å². The molecule has 3 heterocycles. The minimum atomic E-state index is 0.114. The third-order valence-corrected chi connectivity index (χ3v) is 5.19. The maximum Gasteiger partial charge on any atom is 0.197 e. The van der Waals surface area contributed by atoms with Crippen molar-refractivity contribution in [2.45, 2.75) is 38.4 Å². The van der Waals surface area contributed by atoms with E-state index in [2.05, 4.69) is 16.7 Å². The number of piperazine rings is 1. The summed E-state index contributed by atoms with van der Waals surface area (Å²) >= 11 is 0. The number of nitrogens with zero attached hydrogens (tertiary/aromatic N) is 2. The molecule has 2 aliphatic rings. The summed E-state index contributed by atoms with van der Waals surface area (Å²) < 4.78 is 5.65. The fourth-order valence-corrected chi connectivity index (χ4v) is 3.91. The van der Waals surface area contributed by atoms with Crippen LogP contribution in [0.15, 0.2) is 39.7 Å². The van der Waals surface area contributed by atoms with Gasteiger partial charge in [0.15, 0.2) is 5.43 Å². The predicted octanol–water partition coefficient (Wildman–Crippen LogP) is 2.46. The molecule has 2 saturated heterocycles. The second-order valence-electron chi connectivity index (χ2n) is 6.66. The highest BCUT2D eigenvalue weighted by atomic mass is 16.3. The summed E-state index contributed by atoms with van der Waals surface area (Å²) in [5.74, 6) is 0. The third-order valence-electron chi connectivity index (χ3n) is 5.19. The van der Waals surface area contributed by atoms with E-state index in [-0.39, 0.29) is 5.43 Å². The predicted molar refractivity (Wildman–Crippen MR) is 87.0 cm³/mol. The summed E-state index contributed by atoms with van der Waals surface area (Å²) in [6, 6.07) is 8.64. The number of hydrogen-bond donors (Lipinski definition) is 0. The fraction of sp³-hybridized carbons (Fsp3) is 0.500. The zero-order valence-electron chi connectivity index (χ0n) is 13.0. The Labute approximate surface area is 130 Å². The van der Waals surface area contributed by atoms with Crippen LogP contribution in [-0.2, 0) is 6.54 Å². The van der Waals surface area contributed by atoms with Gasteiger partial charge in [-0.25, -0.2) is 0 Å². The first-order valence-corrected chi connectivity index (χ1v) is 8.20. The molecule has 4 rings (SSSR count). The average Bonchev–Trinajstić information content (AvgIpc) is 2.97. The van der Waals surface area contributed by atoms with E-state index < -0.39 is 0 Å². The van der Waals surface area contributed by atoms with Gasteiger partial charge in [-0.05, 0) is 38.4 Å². The monoisotopic (exact) mass is 298 g/mol. The number of fused-ring (bicyclic) bond motifs is 2. The highest BCUT2D eigenvalue weighted by molar-refractivity contribution is 5.76. The molecule has 0 amide bonds. The van der Waals surface area contributed by atoms with E-state index in [0.29, 0.717) is 29.6 Å². The van der Waals surface area contributed by atoms with Crippen LogP contribution in [0.5, 0.6) is 0 Å². The maximum absolute atomic E-state index is 12.6. The SMILES string of the molecule is C[C@@H]1CN2CCC[C@@H]2CN1Cc1coc2ccccc2c1=O. The van der Waals surface area contributed by atoms with Crippen molar-refractivity contribution in [1.82, 2.24) is 9.80 Å². The molecule has 0 spiro atoms. The second-order valence-corrected chi connectivity index (χ2v) is 6.66. The van der Waals surface area contributed by atoms with Gasteiger partial charge in [-0.15, -0.1) is 0 Å². The molecule has 0 bridgehead atoms. The van der Waals surface area contributed by atoms with Crippen molar-refractivity contribution >= 4 is 11.0 Å². The molecule has 0 aliphatic carbocycles. The molecule has 0 radical (unpaired) electrons. The maximum atomic E-state index is 12.6. The Hall–Kier alpha value is -1.65. The molecule has 4 nitrogen and oxygen atoms in total. The molecule has 1 aromatic heterocycles. The summed E-state index contributed by atoms with van der Waals surface area (Å²) in [7, 11) is 0. The largest absolute Gasteiger partial charge is 0.464 e. The Morgan fingerprint density at radius 1 is 1.27 bits per heavy atom. The van der Waals surface area contributed by atoms with Gasteiger partial charge >= 0.3 is 0 Å². The number of benzene rings is 1. The lowest BCUT2D eigenvalue weighted by Gasteiger charge is -2.42. The van der Waals surface area contributed by atoms with E-state index in [0.717, 1.165) is 18.7 Å². The van der Waals surface area contributed by atoms with Crippen molar-refractivity contribution < 1.29 is 4.42 Å².